The molecule has 2 N–H and O–H groups in total. The van der Waals surface area contributed by atoms with Crippen molar-refractivity contribution in [1.29, 1.82) is 0 Å². The summed E-state index contributed by atoms with van der Waals surface area (Å²) >= 11 is 7.43. The van der Waals surface area contributed by atoms with Gasteiger partial charge in [-0.3, -0.25) is 14.9 Å². The number of piperidine rings is 1. The lowest BCUT2D eigenvalue weighted by atomic mass is 9.78. The molecule has 2 aliphatic rings. The Bertz CT molecular complexity index is 823. The standard InChI is InChI=1S/C20H23ClN2O3S/c1-12-8-14-10-18-16(11-19(27-18)20(24)22-25)17(9-12)23(14)6-7-26-15-4-2-13(21)3-5-15/h2-5,11-12,14,17,25H,6-10H2,1H3,(H,22,24). The van der Waals surface area contributed by atoms with Gasteiger partial charge in [-0.25, -0.2) is 5.48 Å². The third-order valence-electron chi connectivity index (χ3n) is 5.55. The molecule has 5 nitrogen and oxygen atoms in total. The van der Waals surface area contributed by atoms with E-state index in [9.17, 15) is 4.79 Å². The van der Waals surface area contributed by atoms with Crippen LogP contribution in [0.15, 0.2) is 30.3 Å². The predicted molar refractivity (Wildman–Crippen MR) is 106 cm³/mol. The number of amides is 1. The molecular weight excluding hydrogens is 384 g/mol. The van der Waals surface area contributed by atoms with Gasteiger partial charge in [0.2, 0.25) is 0 Å². The lowest BCUT2D eigenvalue weighted by molar-refractivity contribution is 0.0334. The van der Waals surface area contributed by atoms with E-state index >= 15 is 0 Å². The van der Waals surface area contributed by atoms with Gasteiger partial charge >= 0.3 is 0 Å². The maximum atomic E-state index is 11.8. The molecule has 1 fully saturated rings. The van der Waals surface area contributed by atoms with Gasteiger partial charge < -0.3 is 4.74 Å². The quantitative estimate of drug-likeness (QED) is 0.574. The van der Waals surface area contributed by atoms with Crippen LogP contribution in [0.2, 0.25) is 5.02 Å². The minimum absolute atomic E-state index is 0.313. The molecule has 3 heterocycles. The van der Waals surface area contributed by atoms with Crippen LogP contribution in [0.4, 0.5) is 0 Å². The molecule has 7 heteroatoms. The lowest BCUT2D eigenvalue weighted by Crippen LogP contribution is -2.49. The van der Waals surface area contributed by atoms with Gasteiger partial charge in [0.1, 0.15) is 12.4 Å². The van der Waals surface area contributed by atoms with E-state index in [0.29, 0.717) is 34.5 Å². The largest absolute Gasteiger partial charge is 0.492 e. The lowest BCUT2D eigenvalue weighted by Gasteiger charge is -2.48. The fourth-order valence-electron chi connectivity index (χ4n) is 4.38. The van der Waals surface area contributed by atoms with E-state index in [-0.39, 0.29) is 0 Å². The molecule has 3 atom stereocenters. The summed E-state index contributed by atoms with van der Waals surface area (Å²) in [6.45, 7) is 3.77. The van der Waals surface area contributed by atoms with E-state index in [1.54, 1.807) is 5.48 Å². The van der Waals surface area contributed by atoms with E-state index in [0.717, 1.165) is 31.6 Å². The van der Waals surface area contributed by atoms with Crippen LogP contribution in [-0.2, 0) is 6.42 Å². The highest BCUT2D eigenvalue weighted by Gasteiger charge is 2.41. The zero-order chi connectivity index (χ0) is 19.0. The Morgan fingerprint density at radius 2 is 2.15 bits per heavy atom. The van der Waals surface area contributed by atoms with Gasteiger partial charge in [-0.1, -0.05) is 18.5 Å². The molecule has 1 saturated heterocycles. The summed E-state index contributed by atoms with van der Waals surface area (Å²) in [5.41, 5.74) is 3.00. The second-order valence-corrected chi connectivity index (χ2v) is 8.99. The normalized spacial score (nSPS) is 24.3. The summed E-state index contributed by atoms with van der Waals surface area (Å²) in [4.78, 5) is 16.2. The highest BCUT2D eigenvalue weighted by Crippen LogP contribution is 2.46. The van der Waals surface area contributed by atoms with E-state index in [4.69, 9.17) is 21.5 Å². The van der Waals surface area contributed by atoms with Crippen molar-refractivity contribution in [3.8, 4) is 5.75 Å². The number of rotatable bonds is 5. The summed E-state index contributed by atoms with van der Waals surface area (Å²) in [6, 6.07) is 10.2. The van der Waals surface area contributed by atoms with Crippen LogP contribution in [0, 0.1) is 5.92 Å². The number of hydrogen-bond donors (Lipinski definition) is 2. The van der Waals surface area contributed by atoms with Crippen LogP contribution in [0.25, 0.3) is 0 Å². The van der Waals surface area contributed by atoms with Crippen molar-refractivity contribution in [3.63, 3.8) is 0 Å². The molecule has 0 saturated carbocycles. The summed E-state index contributed by atoms with van der Waals surface area (Å²) in [6.07, 6.45) is 3.21. The summed E-state index contributed by atoms with van der Waals surface area (Å²) < 4.78 is 5.91. The number of nitrogens with one attached hydrogen (secondary N) is 1. The summed E-state index contributed by atoms with van der Waals surface area (Å²) in [5.74, 6) is 1.07. The second kappa shape index (κ2) is 7.80. The first-order chi connectivity index (χ1) is 13.0. The van der Waals surface area contributed by atoms with Crippen LogP contribution in [0.5, 0.6) is 5.75 Å². The summed E-state index contributed by atoms with van der Waals surface area (Å²) in [7, 11) is 0. The van der Waals surface area contributed by atoms with Crippen LogP contribution in [-0.4, -0.2) is 35.2 Å². The molecule has 1 aromatic heterocycles. The number of benzene rings is 1. The SMILES string of the molecule is CC1CC2Cc3sc(C(=O)NO)cc3C(C1)N2CCOc1ccc(Cl)cc1. The van der Waals surface area contributed by atoms with Gasteiger partial charge in [0, 0.05) is 28.5 Å². The van der Waals surface area contributed by atoms with Crippen molar-refractivity contribution < 1.29 is 14.7 Å². The number of hydrogen-bond acceptors (Lipinski definition) is 5. The third-order valence-corrected chi connectivity index (χ3v) is 6.97. The molecule has 3 unspecified atom stereocenters. The highest BCUT2D eigenvalue weighted by atomic mass is 35.5. The Morgan fingerprint density at radius 1 is 1.37 bits per heavy atom. The smallest absolute Gasteiger partial charge is 0.284 e. The van der Waals surface area contributed by atoms with Crippen LogP contribution >= 0.6 is 22.9 Å². The van der Waals surface area contributed by atoms with E-state index in [1.807, 2.05) is 30.3 Å². The number of fused-ring (bicyclic) bond motifs is 4. The molecule has 27 heavy (non-hydrogen) atoms. The monoisotopic (exact) mass is 406 g/mol. The Labute approximate surface area is 167 Å². The Balaban J connectivity index is 1.49. The van der Waals surface area contributed by atoms with E-state index < -0.39 is 5.91 Å². The van der Waals surface area contributed by atoms with Crippen LogP contribution < -0.4 is 10.2 Å². The molecule has 0 spiro atoms. The zero-order valence-electron chi connectivity index (χ0n) is 15.2. The predicted octanol–water partition coefficient (Wildman–Crippen LogP) is 4.30. The summed E-state index contributed by atoms with van der Waals surface area (Å²) in [5, 5.41) is 9.65. The first kappa shape index (κ1) is 18.7. The van der Waals surface area contributed by atoms with Gasteiger partial charge in [-0.15, -0.1) is 11.3 Å². The Morgan fingerprint density at radius 3 is 2.89 bits per heavy atom. The maximum Gasteiger partial charge on any atom is 0.284 e. The number of hydroxylamine groups is 1. The fraction of sp³-hybridized carbons (Fsp3) is 0.450. The van der Waals surface area contributed by atoms with Crippen molar-refractivity contribution in [2.24, 2.45) is 5.92 Å². The third kappa shape index (κ3) is 3.85. The molecule has 0 aliphatic carbocycles. The van der Waals surface area contributed by atoms with Crippen LogP contribution in [0.1, 0.15) is 45.9 Å². The molecule has 1 amide bonds. The first-order valence-corrected chi connectivity index (χ1v) is 10.5. The van der Waals surface area contributed by atoms with Crippen LogP contribution in [0.3, 0.4) is 0 Å². The van der Waals surface area contributed by atoms with E-state index in [2.05, 4.69) is 11.8 Å². The molecule has 4 rings (SSSR count). The molecule has 144 valence electrons. The Kier molecular flexibility index (Phi) is 5.41. The van der Waals surface area contributed by atoms with Gasteiger partial charge in [-0.2, -0.15) is 0 Å². The number of halogens is 1. The van der Waals surface area contributed by atoms with Gasteiger partial charge in [0.05, 0.1) is 4.88 Å². The number of ether oxygens (including phenoxy) is 1. The van der Waals surface area contributed by atoms with Gasteiger partial charge in [0.15, 0.2) is 0 Å². The molecule has 1 aromatic carbocycles. The molecule has 0 radical (unpaired) electrons. The minimum Gasteiger partial charge on any atom is -0.492 e. The van der Waals surface area contributed by atoms with Crippen molar-refractivity contribution in [3.05, 3.63) is 50.7 Å². The average molecular weight is 407 g/mol. The van der Waals surface area contributed by atoms with Crippen molar-refractivity contribution in [2.75, 3.05) is 13.2 Å². The number of carbonyl (C=O) groups is 1. The molecule has 2 aliphatic heterocycles. The number of thiophene rings is 1. The average Bonchev–Trinajstić information content (AvgIpc) is 3.07. The van der Waals surface area contributed by atoms with E-state index in [1.165, 1.54) is 21.8 Å². The maximum absolute atomic E-state index is 11.8. The number of carbonyl (C=O) groups excluding carboxylic acids is 1. The van der Waals surface area contributed by atoms with Crippen molar-refractivity contribution in [1.82, 2.24) is 10.4 Å². The Hall–Kier alpha value is -1.60. The minimum atomic E-state index is -0.422. The topological polar surface area (TPSA) is 61.8 Å². The highest BCUT2D eigenvalue weighted by molar-refractivity contribution is 7.14. The van der Waals surface area contributed by atoms with Crippen molar-refractivity contribution in [2.45, 2.75) is 38.3 Å². The first-order valence-electron chi connectivity index (χ1n) is 9.26. The van der Waals surface area contributed by atoms with Gasteiger partial charge in [-0.05, 0) is 61.1 Å². The fourth-order valence-corrected chi connectivity index (χ4v) is 5.68. The zero-order valence-corrected chi connectivity index (χ0v) is 16.7. The molecule has 2 aromatic rings. The second-order valence-electron chi connectivity index (χ2n) is 7.42. The molecule has 2 bridgehead atoms. The van der Waals surface area contributed by atoms with Gasteiger partial charge in [0.25, 0.3) is 5.91 Å². The molecular formula is C20H23ClN2O3S. The number of nitrogens with zero attached hydrogens (tertiary/aromatic N) is 1. The van der Waals surface area contributed by atoms with Crippen molar-refractivity contribution >= 4 is 28.8 Å².